The maximum Gasteiger partial charge on any atom is 0.252 e. The second kappa shape index (κ2) is 8.28. The maximum absolute atomic E-state index is 12.7. The van der Waals surface area contributed by atoms with Gasteiger partial charge < -0.3 is 5.32 Å². The number of rotatable bonds is 5. The molecule has 7 heteroatoms. The van der Waals surface area contributed by atoms with Crippen molar-refractivity contribution in [1.29, 1.82) is 0 Å². The van der Waals surface area contributed by atoms with Gasteiger partial charge in [-0.25, -0.2) is 9.97 Å². The summed E-state index contributed by atoms with van der Waals surface area (Å²) < 4.78 is 1.58. The Morgan fingerprint density at radius 1 is 1.00 bits per heavy atom. The van der Waals surface area contributed by atoms with Crippen LogP contribution in [0.25, 0.3) is 16.7 Å². The van der Waals surface area contributed by atoms with E-state index in [2.05, 4.69) is 65.4 Å². The molecule has 0 fully saturated rings. The van der Waals surface area contributed by atoms with Gasteiger partial charge in [0, 0.05) is 28.8 Å². The van der Waals surface area contributed by atoms with E-state index in [0.29, 0.717) is 17.5 Å². The molecule has 0 aliphatic rings. The highest BCUT2D eigenvalue weighted by Crippen LogP contribution is 2.26. The number of thioether (sulfide) groups is 1. The van der Waals surface area contributed by atoms with Crippen molar-refractivity contribution in [3.8, 4) is 5.95 Å². The first-order valence-electron chi connectivity index (χ1n) is 9.69. The van der Waals surface area contributed by atoms with Crippen LogP contribution in [0, 0.1) is 0 Å². The predicted molar refractivity (Wildman–Crippen MR) is 121 cm³/mol. The summed E-state index contributed by atoms with van der Waals surface area (Å²) in [5.41, 5.74) is 0.687. The zero-order valence-corrected chi connectivity index (χ0v) is 18.0. The molecular weight excluding hydrogens is 394 g/mol. The van der Waals surface area contributed by atoms with Crippen LogP contribution < -0.4 is 5.32 Å². The fourth-order valence-electron chi connectivity index (χ4n) is 2.97. The van der Waals surface area contributed by atoms with Gasteiger partial charge in [-0.2, -0.15) is 9.78 Å². The summed E-state index contributed by atoms with van der Waals surface area (Å²) in [5, 5.41) is 9.95. The molecule has 0 saturated carbocycles. The summed E-state index contributed by atoms with van der Waals surface area (Å²) in [4.78, 5) is 22.3. The first kappa shape index (κ1) is 20.1. The molecule has 0 unspecified atom stereocenters. The Morgan fingerprint density at radius 3 is 2.47 bits per heavy atom. The first-order chi connectivity index (χ1) is 14.4. The number of fused-ring (bicyclic) bond motifs is 1. The van der Waals surface area contributed by atoms with Gasteiger partial charge in [-0.3, -0.25) is 4.79 Å². The Labute approximate surface area is 179 Å². The molecule has 30 heavy (non-hydrogen) atoms. The summed E-state index contributed by atoms with van der Waals surface area (Å²) in [7, 11) is 0. The molecule has 2 heterocycles. The van der Waals surface area contributed by atoms with E-state index < -0.39 is 0 Å². The van der Waals surface area contributed by atoms with Crippen LogP contribution in [-0.2, 0) is 10.2 Å². The number of hydrogen-bond acceptors (Lipinski definition) is 5. The van der Waals surface area contributed by atoms with E-state index in [1.807, 2.05) is 24.3 Å². The molecule has 6 nitrogen and oxygen atoms in total. The van der Waals surface area contributed by atoms with Crippen molar-refractivity contribution in [3.05, 3.63) is 72.7 Å². The molecule has 1 N–H and O–H groups in total. The van der Waals surface area contributed by atoms with Gasteiger partial charge in [0.25, 0.3) is 5.95 Å². The SMILES string of the molecule is CC(C)(C)c1cc(NC(=O)CSc2ccc3ccccc3c2)n(-c2ncccn2)n1. The fourth-order valence-corrected chi connectivity index (χ4v) is 3.72. The zero-order valence-electron chi connectivity index (χ0n) is 17.2. The monoisotopic (exact) mass is 417 g/mol. The Hall–Kier alpha value is -3.19. The van der Waals surface area contributed by atoms with Crippen molar-refractivity contribution in [2.75, 3.05) is 11.1 Å². The van der Waals surface area contributed by atoms with Crippen molar-refractivity contribution in [1.82, 2.24) is 19.7 Å². The largest absolute Gasteiger partial charge is 0.310 e. The van der Waals surface area contributed by atoms with Crippen molar-refractivity contribution in [2.45, 2.75) is 31.1 Å². The lowest BCUT2D eigenvalue weighted by molar-refractivity contribution is -0.113. The van der Waals surface area contributed by atoms with Gasteiger partial charge in [-0.15, -0.1) is 11.8 Å². The minimum absolute atomic E-state index is 0.106. The van der Waals surface area contributed by atoms with E-state index in [1.54, 1.807) is 23.1 Å². The number of amides is 1. The van der Waals surface area contributed by atoms with Crippen LogP contribution in [0.3, 0.4) is 0 Å². The molecule has 2 aromatic carbocycles. The van der Waals surface area contributed by atoms with Gasteiger partial charge in [0.2, 0.25) is 5.91 Å². The van der Waals surface area contributed by atoms with Gasteiger partial charge >= 0.3 is 0 Å². The van der Waals surface area contributed by atoms with Crippen LogP contribution >= 0.6 is 11.8 Å². The summed E-state index contributed by atoms with van der Waals surface area (Å²) in [5.74, 6) is 1.18. The quantitative estimate of drug-likeness (QED) is 0.470. The average Bonchev–Trinajstić information content (AvgIpc) is 3.17. The molecular formula is C23H23N5OS. The summed E-state index contributed by atoms with van der Waals surface area (Å²) in [6.45, 7) is 6.23. The van der Waals surface area contributed by atoms with E-state index in [1.165, 1.54) is 17.1 Å². The lowest BCUT2D eigenvalue weighted by Crippen LogP contribution is -2.17. The van der Waals surface area contributed by atoms with Crippen LogP contribution in [-0.4, -0.2) is 31.4 Å². The summed E-state index contributed by atoms with van der Waals surface area (Å²) >= 11 is 1.50. The molecule has 4 aromatic rings. The van der Waals surface area contributed by atoms with E-state index in [4.69, 9.17) is 0 Å². The van der Waals surface area contributed by atoms with Gasteiger partial charge in [0.15, 0.2) is 0 Å². The van der Waals surface area contributed by atoms with Crippen LogP contribution in [0.15, 0.2) is 71.9 Å². The van der Waals surface area contributed by atoms with Gasteiger partial charge in [0.1, 0.15) is 5.82 Å². The number of hydrogen-bond donors (Lipinski definition) is 1. The molecule has 1 amide bonds. The van der Waals surface area contributed by atoms with E-state index in [-0.39, 0.29) is 11.3 Å². The molecule has 0 aliphatic carbocycles. The Morgan fingerprint density at radius 2 is 1.73 bits per heavy atom. The second-order valence-corrected chi connectivity index (χ2v) is 9.02. The standard InChI is InChI=1S/C23H23N5OS/c1-23(2,3)19-14-20(28(27-19)22-24-11-6-12-25-22)26-21(29)15-30-18-10-9-16-7-4-5-8-17(16)13-18/h4-14H,15H2,1-3H3,(H,26,29). The van der Waals surface area contributed by atoms with E-state index in [0.717, 1.165) is 16.0 Å². The van der Waals surface area contributed by atoms with Crippen molar-refractivity contribution < 1.29 is 4.79 Å². The highest BCUT2D eigenvalue weighted by Gasteiger charge is 2.22. The van der Waals surface area contributed by atoms with Crippen LogP contribution in [0.5, 0.6) is 0 Å². The van der Waals surface area contributed by atoms with Gasteiger partial charge in [-0.1, -0.05) is 51.1 Å². The summed E-state index contributed by atoms with van der Waals surface area (Å²) in [6.07, 6.45) is 3.31. The minimum Gasteiger partial charge on any atom is -0.310 e. The topological polar surface area (TPSA) is 72.7 Å². The van der Waals surface area contributed by atoms with Crippen LogP contribution in [0.4, 0.5) is 5.82 Å². The number of carbonyl (C=O) groups excluding carboxylic acids is 1. The third-order valence-corrected chi connectivity index (χ3v) is 5.57. The summed E-state index contributed by atoms with van der Waals surface area (Å²) in [6, 6.07) is 18.0. The van der Waals surface area contributed by atoms with Gasteiger partial charge in [0.05, 0.1) is 11.4 Å². The van der Waals surface area contributed by atoms with Crippen molar-refractivity contribution in [3.63, 3.8) is 0 Å². The normalized spacial score (nSPS) is 11.6. The predicted octanol–water partition coefficient (Wildman–Crippen LogP) is 4.84. The molecule has 152 valence electrons. The average molecular weight is 418 g/mol. The van der Waals surface area contributed by atoms with Crippen molar-refractivity contribution in [2.24, 2.45) is 0 Å². The molecule has 0 atom stereocenters. The number of anilines is 1. The number of carbonyl (C=O) groups is 1. The minimum atomic E-state index is -0.167. The lowest BCUT2D eigenvalue weighted by Gasteiger charge is -2.13. The number of benzene rings is 2. The smallest absolute Gasteiger partial charge is 0.252 e. The molecule has 0 aliphatic heterocycles. The zero-order chi connectivity index (χ0) is 21.1. The lowest BCUT2D eigenvalue weighted by atomic mass is 9.92. The molecule has 0 saturated heterocycles. The fraction of sp³-hybridized carbons (Fsp3) is 0.217. The van der Waals surface area contributed by atoms with Gasteiger partial charge in [-0.05, 0) is 29.0 Å². The maximum atomic E-state index is 12.7. The Kier molecular flexibility index (Phi) is 5.55. The van der Waals surface area contributed by atoms with E-state index >= 15 is 0 Å². The first-order valence-corrected chi connectivity index (χ1v) is 10.7. The molecule has 2 aromatic heterocycles. The number of nitrogens with one attached hydrogen (secondary N) is 1. The van der Waals surface area contributed by atoms with E-state index in [9.17, 15) is 4.79 Å². The highest BCUT2D eigenvalue weighted by molar-refractivity contribution is 8.00. The molecule has 0 radical (unpaired) electrons. The third kappa shape index (κ3) is 4.52. The number of nitrogens with zero attached hydrogens (tertiary/aromatic N) is 4. The van der Waals surface area contributed by atoms with Crippen molar-refractivity contribution >= 4 is 34.3 Å². The Bertz CT molecular complexity index is 1180. The Balaban J connectivity index is 1.51. The molecule has 0 bridgehead atoms. The number of aromatic nitrogens is 4. The second-order valence-electron chi connectivity index (χ2n) is 7.97. The van der Waals surface area contributed by atoms with Crippen LogP contribution in [0.1, 0.15) is 26.5 Å². The molecule has 0 spiro atoms. The molecule has 4 rings (SSSR count). The third-order valence-electron chi connectivity index (χ3n) is 4.58. The van der Waals surface area contributed by atoms with Crippen LogP contribution in [0.2, 0.25) is 0 Å². The highest BCUT2D eigenvalue weighted by atomic mass is 32.2.